The molecular formula is C16H20N2O. The molecular weight excluding hydrogens is 236 g/mol. The van der Waals surface area contributed by atoms with Crippen molar-refractivity contribution in [2.24, 2.45) is 0 Å². The van der Waals surface area contributed by atoms with E-state index in [1.165, 1.54) is 0 Å². The summed E-state index contributed by atoms with van der Waals surface area (Å²) < 4.78 is 5.97. The maximum Gasteiger partial charge on any atom is 0.150 e. The van der Waals surface area contributed by atoms with Gasteiger partial charge in [0.05, 0.1) is 6.20 Å². The zero-order chi connectivity index (χ0) is 13.7. The van der Waals surface area contributed by atoms with Gasteiger partial charge in [-0.1, -0.05) is 32.0 Å². The minimum atomic E-state index is 0.444. The lowest BCUT2D eigenvalue weighted by Crippen LogP contribution is -2.22. The molecule has 0 saturated heterocycles. The average molecular weight is 256 g/mol. The molecule has 0 saturated carbocycles. The number of ether oxygens (including phenoxy) is 1. The highest BCUT2D eigenvalue weighted by Crippen LogP contribution is 2.26. The van der Waals surface area contributed by atoms with Crippen molar-refractivity contribution in [3.8, 4) is 11.5 Å². The van der Waals surface area contributed by atoms with Gasteiger partial charge in [-0.15, -0.1) is 0 Å². The summed E-state index contributed by atoms with van der Waals surface area (Å²) in [4.78, 5) is 4.15. The van der Waals surface area contributed by atoms with Crippen LogP contribution in [0, 0.1) is 6.92 Å². The van der Waals surface area contributed by atoms with Crippen molar-refractivity contribution in [3.05, 3.63) is 53.9 Å². The van der Waals surface area contributed by atoms with E-state index in [1.54, 1.807) is 12.4 Å². The third kappa shape index (κ3) is 3.80. The maximum atomic E-state index is 5.97. The lowest BCUT2D eigenvalue weighted by molar-refractivity contribution is 0.463. The molecule has 19 heavy (non-hydrogen) atoms. The van der Waals surface area contributed by atoms with Gasteiger partial charge in [-0.2, -0.15) is 0 Å². The first-order valence-corrected chi connectivity index (χ1v) is 6.56. The molecule has 0 unspecified atom stereocenters. The van der Waals surface area contributed by atoms with E-state index in [2.05, 4.69) is 24.1 Å². The van der Waals surface area contributed by atoms with Crippen molar-refractivity contribution in [1.82, 2.24) is 10.3 Å². The number of benzene rings is 1. The fraction of sp³-hybridized carbons (Fsp3) is 0.312. The summed E-state index contributed by atoms with van der Waals surface area (Å²) in [6, 6.07) is 10.4. The number of hydrogen-bond donors (Lipinski definition) is 1. The Bertz CT molecular complexity index is 538. The van der Waals surface area contributed by atoms with Crippen molar-refractivity contribution >= 4 is 0 Å². The van der Waals surface area contributed by atoms with Crippen LogP contribution in [0.5, 0.6) is 11.5 Å². The molecule has 1 aromatic carbocycles. The Morgan fingerprint density at radius 2 is 1.95 bits per heavy atom. The van der Waals surface area contributed by atoms with Crippen molar-refractivity contribution in [1.29, 1.82) is 0 Å². The molecule has 3 nitrogen and oxygen atoms in total. The first-order chi connectivity index (χ1) is 9.16. The predicted molar refractivity (Wildman–Crippen MR) is 77.5 cm³/mol. The Morgan fingerprint density at radius 3 is 2.68 bits per heavy atom. The Kier molecular flexibility index (Phi) is 4.53. The number of nitrogens with one attached hydrogen (secondary N) is 1. The Hall–Kier alpha value is -1.87. The highest BCUT2D eigenvalue weighted by Gasteiger charge is 2.07. The van der Waals surface area contributed by atoms with Crippen LogP contribution in [0.4, 0.5) is 0 Å². The third-order valence-corrected chi connectivity index (χ3v) is 2.88. The summed E-state index contributed by atoms with van der Waals surface area (Å²) in [7, 11) is 0. The number of aryl methyl sites for hydroxylation is 1. The molecule has 0 spiro atoms. The van der Waals surface area contributed by atoms with Gasteiger partial charge in [-0.05, 0) is 24.6 Å². The molecule has 0 aliphatic rings. The average Bonchev–Trinajstić information content (AvgIpc) is 2.40. The highest BCUT2D eigenvalue weighted by atomic mass is 16.5. The second kappa shape index (κ2) is 6.34. The molecule has 2 rings (SSSR count). The molecule has 0 amide bonds. The molecule has 1 heterocycles. The SMILES string of the molecule is Cc1ccccc1Oc1cnccc1CNC(C)C. The summed E-state index contributed by atoms with van der Waals surface area (Å²) in [6.45, 7) is 7.07. The highest BCUT2D eigenvalue weighted by molar-refractivity contribution is 5.39. The van der Waals surface area contributed by atoms with E-state index in [1.807, 2.05) is 37.3 Å². The van der Waals surface area contributed by atoms with Crippen LogP contribution in [0.2, 0.25) is 0 Å². The molecule has 0 aliphatic heterocycles. The molecule has 1 N–H and O–H groups in total. The first-order valence-electron chi connectivity index (χ1n) is 6.56. The molecule has 0 atom stereocenters. The number of aromatic nitrogens is 1. The lowest BCUT2D eigenvalue weighted by Gasteiger charge is -2.14. The Morgan fingerprint density at radius 1 is 1.16 bits per heavy atom. The normalized spacial score (nSPS) is 10.7. The Balaban J connectivity index is 2.18. The first kappa shape index (κ1) is 13.6. The second-order valence-electron chi connectivity index (χ2n) is 4.89. The molecule has 1 aromatic heterocycles. The van der Waals surface area contributed by atoms with Crippen LogP contribution in [-0.4, -0.2) is 11.0 Å². The number of nitrogens with zero attached hydrogens (tertiary/aromatic N) is 1. The fourth-order valence-electron chi connectivity index (χ4n) is 1.75. The standard InChI is InChI=1S/C16H20N2O/c1-12(2)18-10-14-8-9-17-11-16(14)19-15-7-5-4-6-13(15)3/h4-9,11-12,18H,10H2,1-3H3. The zero-order valence-corrected chi connectivity index (χ0v) is 11.7. The number of pyridine rings is 1. The second-order valence-corrected chi connectivity index (χ2v) is 4.89. The van der Waals surface area contributed by atoms with Gasteiger partial charge in [0, 0.05) is 24.3 Å². The fourth-order valence-corrected chi connectivity index (χ4v) is 1.75. The molecule has 3 heteroatoms. The Labute approximate surface area is 114 Å². The van der Waals surface area contributed by atoms with Crippen LogP contribution in [0.1, 0.15) is 25.0 Å². The van der Waals surface area contributed by atoms with Crippen molar-refractivity contribution in [2.45, 2.75) is 33.4 Å². The molecule has 0 radical (unpaired) electrons. The van der Waals surface area contributed by atoms with E-state index in [4.69, 9.17) is 4.74 Å². The monoisotopic (exact) mass is 256 g/mol. The largest absolute Gasteiger partial charge is 0.455 e. The number of para-hydroxylation sites is 1. The van der Waals surface area contributed by atoms with Gasteiger partial charge in [-0.25, -0.2) is 0 Å². The molecule has 0 bridgehead atoms. The van der Waals surface area contributed by atoms with Gasteiger partial charge in [-0.3, -0.25) is 4.98 Å². The topological polar surface area (TPSA) is 34.1 Å². The van der Waals surface area contributed by atoms with E-state index in [0.717, 1.165) is 29.2 Å². The van der Waals surface area contributed by atoms with E-state index < -0.39 is 0 Å². The van der Waals surface area contributed by atoms with Crippen molar-refractivity contribution in [3.63, 3.8) is 0 Å². The summed E-state index contributed by atoms with van der Waals surface area (Å²) >= 11 is 0. The summed E-state index contributed by atoms with van der Waals surface area (Å²) in [5, 5.41) is 3.39. The molecule has 0 aliphatic carbocycles. The van der Waals surface area contributed by atoms with Crippen LogP contribution in [0.25, 0.3) is 0 Å². The predicted octanol–water partition coefficient (Wildman–Crippen LogP) is 3.68. The van der Waals surface area contributed by atoms with E-state index >= 15 is 0 Å². The summed E-state index contributed by atoms with van der Waals surface area (Å²) in [5.41, 5.74) is 2.24. The van der Waals surface area contributed by atoms with E-state index in [0.29, 0.717) is 6.04 Å². The quantitative estimate of drug-likeness (QED) is 0.886. The zero-order valence-electron chi connectivity index (χ0n) is 11.7. The third-order valence-electron chi connectivity index (χ3n) is 2.88. The van der Waals surface area contributed by atoms with Crippen LogP contribution in [0.3, 0.4) is 0 Å². The van der Waals surface area contributed by atoms with Crippen LogP contribution >= 0.6 is 0 Å². The van der Waals surface area contributed by atoms with Crippen molar-refractivity contribution < 1.29 is 4.74 Å². The molecule has 2 aromatic rings. The van der Waals surface area contributed by atoms with Gasteiger partial charge in [0.2, 0.25) is 0 Å². The van der Waals surface area contributed by atoms with Gasteiger partial charge >= 0.3 is 0 Å². The lowest BCUT2D eigenvalue weighted by atomic mass is 10.2. The van der Waals surface area contributed by atoms with Crippen LogP contribution in [-0.2, 0) is 6.54 Å². The summed E-state index contributed by atoms with van der Waals surface area (Å²) in [5.74, 6) is 1.69. The molecule has 100 valence electrons. The minimum Gasteiger partial charge on any atom is -0.455 e. The molecule has 0 fully saturated rings. The van der Waals surface area contributed by atoms with E-state index in [-0.39, 0.29) is 0 Å². The van der Waals surface area contributed by atoms with Gasteiger partial charge in [0.25, 0.3) is 0 Å². The van der Waals surface area contributed by atoms with Gasteiger partial charge < -0.3 is 10.1 Å². The van der Waals surface area contributed by atoms with Gasteiger partial charge in [0.1, 0.15) is 11.5 Å². The van der Waals surface area contributed by atoms with Crippen molar-refractivity contribution in [2.75, 3.05) is 0 Å². The minimum absolute atomic E-state index is 0.444. The van der Waals surface area contributed by atoms with E-state index in [9.17, 15) is 0 Å². The number of rotatable bonds is 5. The van der Waals surface area contributed by atoms with Gasteiger partial charge in [0.15, 0.2) is 0 Å². The van der Waals surface area contributed by atoms with Crippen LogP contribution < -0.4 is 10.1 Å². The van der Waals surface area contributed by atoms with Crippen LogP contribution in [0.15, 0.2) is 42.7 Å². The maximum absolute atomic E-state index is 5.97. The smallest absolute Gasteiger partial charge is 0.150 e. The number of hydrogen-bond acceptors (Lipinski definition) is 3. The summed E-state index contributed by atoms with van der Waals surface area (Å²) in [6.07, 6.45) is 3.56.